The minimum atomic E-state index is -0.227. The number of halogens is 1. The molecule has 2 heterocycles. The molecule has 1 aliphatic heterocycles. The molecule has 28 heavy (non-hydrogen) atoms. The van der Waals surface area contributed by atoms with E-state index in [9.17, 15) is 4.39 Å². The van der Waals surface area contributed by atoms with E-state index >= 15 is 0 Å². The third-order valence-corrected chi connectivity index (χ3v) is 4.93. The van der Waals surface area contributed by atoms with Gasteiger partial charge in [-0.1, -0.05) is 25.1 Å². The number of anilines is 2. The number of aromatic nitrogens is 3. The summed E-state index contributed by atoms with van der Waals surface area (Å²) in [6.45, 7) is 5.45. The summed E-state index contributed by atoms with van der Waals surface area (Å²) in [6.07, 6.45) is 6.78. The lowest BCUT2D eigenvalue weighted by molar-refractivity contribution is 0.389. The molecular weight excluding hydrogens is 355 g/mol. The largest absolute Gasteiger partial charge is 0.370 e. The number of piperidine rings is 1. The number of rotatable bonds is 7. The summed E-state index contributed by atoms with van der Waals surface area (Å²) in [4.78, 5) is 4.61. The van der Waals surface area contributed by atoms with Gasteiger partial charge in [-0.05, 0) is 49.9 Å². The van der Waals surface area contributed by atoms with Crippen molar-refractivity contribution in [1.29, 1.82) is 0 Å². The normalized spacial score (nSPS) is 14.4. The number of nitrogens with zero attached hydrogens (tertiary/aromatic N) is 2. The fourth-order valence-corrected chi connectivity index (χ4v) is 3.11. The summed E-state index contributed by atoms with van der Waals surface area (Å²) in [6, 6.07) is 8.63. The molecule has 0 atom stereocenters. The Kier molecular flexibility index (Phi) is 7.61. The SMILES string of the molecule is CCc1cn[nH]c(NCc2ccccc2F)cc(NCC2CCNCC2)nc1. The summed E-state index contributed by atoms with van der Waals surface area (Å²) in [5.41, 5.74) is 1.62. The topological polar surface area (TPSA) is 77.7 Å². The maximum atomic E-state index is 13.9. The Bertz CT molecular complexity index is 799. The molecule has 1 fully saturated rings. The van der Waals surface area contributed by atoms with Crippen LogP contribution >= 0.6 is 0 Å². The standard InChI is InChI=1S/C21H29FN6/c1-2-16-12-24-20(25-13-17-7-9-23-10-8-17)11-21(28-27-14-16)26-15-18-5-3-4-6-19(18)22/h3-6,11-12,14,17,23,26,28H,2,7-10,13,15H2,1H3,(H,24,25). The number of nitrogens with one attached hydrogen (secondary N) is 4. The Balaban J connectivity index is 1.77. The number of hydrogen-bond acceptors (Lipinski definition) is 5. The summed E-state index contributed by atoms with van der Waals surface area (Å²) in [5, 5.41) is 17.3. The van der Waals surface area contributed by atoms with E-state index in [0.29, 0.717) is 23.8 Å². The van der Waals surface area contributed by atoms with Crippen LogP contribution in [0.3, 0.4) is 0 Å². The van der Waals surface area contributed by atoms with Gasteiger partial charge >= 0.3 is 0 Å². The fourth-order valence-electron chi connectivity index (χ4n) is 3.11. The first-order valence-corrected chi connectivity index (χ1v) is 9.94. The van der Waals surface area contributed by atoms with E-state index in [1.807, 2.05) is 18.3 Å². The molecule has 0 spiro atoms. The van der Waals surface area contributed by atoms with Crippen LogP contribution in [-0.4, -0.2) is 34.8 Å². The van der Waals surface area contributed by atoms with Crippen molar-refractivity contribution in [3.8, 4) is 0 Å². The van der Waals surface area contributed by atoms with Gasteiger partial charge in [-0.15, -0.1) is 0 Å². The highest BCUT2D eigenvalue weighted by Gasteiger charge is 2.12. The fraction of sp³-hybridized carbons (Fsp3) is 0.429. The maximum Gasteiger partial charge on any atom is 0.129 e. The van der Waals surface area contributed by atoms with Crippen molar-refractivity contribution in [2.45, 2.75) is 32.7 Å². The van der Waals surface area contributed by atoms with Gasteiger partial charge in [0, 0.05) is 30.9 Å². The summed E-state index contributed by atoms with van der Waals surface area (Å²) < 4.78 is 13.9. The van der Waals surface area contributed by atoms with Crippen LogP contribution in [0.25, 0.3) is 0 Å². The first kappa shape index (κ1) is 20.1. The smallest absolute Gasteiger partial charge is 0.129 e. The molecule has 2 aromatic rings. The number of aryl methyl sites for hydroxylation is 1. The Labute approximate surface area is 165 Å². The van der Waals surface area contributed by atoms with Crippen LogP contribution < -0.4 is 16.0 Å². The quantitative estimate of drug-likeness (QED) is 0.586. The van der Waals surface area contributed by atoms with Gasteiger partial charge in [-0.25, -0.2) is 9.37 Å². The Morgan fingerprint density at radius 3 is 2.75 bits per heavy atom. The van der Waals surface area contributed by atoms with Crippen molar-refractivity contribution in [2.75, 3.05) is 30.3 Å². The number of aromatic amines is 1. The predicted octanol–water partition coefficient (Wildman–Crippen LogP) is 3.65. The van der Waals surface area contributed by atoms with E-state index in [1.165, 1.54) is 18.9 Å². The highest BCUT2D eigenvalue weighted by atomic mass is 19.1. The molecule has 150 valence electrons. The molecule has 0 amide bonds. The molecule has 4 N–H and O–H groups in total. The van der Waals surface area contributed by atoms with E-state index in [4.69, 9.17) is 0 Å². The van der Waals surface area contributed by atoms with Gasteiger partial charge in [0.15, 0.2) is 0 Å². The molecule has 0 aliphatic carbocycles. The zero-order valence-electron chi connectivity index (χ0n) is 16.3. The third-order valence-electron chi connectivity index (χ3n) is 4.93. The second-order valence-corrected chi connectivity index (χ2v) is 7.02. The van der Waals surface area contributed by atoms with Crippen molar-refractivity contribution < 1.29 is 4.39 Å². The maximum absolute atomic E-state index is 13.9. The number of hydrogen-bond donors (Lipinski definition) is 4. The van der Waals surface area contributed by atoms with E-state index in [-0.39, 0.29) is 5.82 Å². The Morgan fingerprint density at radius 1 is 1.14 bits per heavy atom. The van der Waals surface area contributed by atoms with Gasteiger partial charge in [0.05, 0.1) is 6.20 Å². The summed E-state index contributed by atoms with van der Waals surface area (Å²) >= 11 is 0. The second kappa shape index (κ2) is 10.6. The van der Waals surface area contributed by atoms with E-state index in [1.54, 1.807) is 18.3 Å². The van der Waals surface area contributed by atoms with Crippen LogP contribution in [0, 0.1) is 11.7 Å². The third kappa shape index (κ3) is 6.20. The lowest BCUT2D eigenvalue weighted by Crippen LogP contribution is -2.31. The highest BCUT2D eigenvalue weighted by molar-refractivity contribution is 5.45. The lowest BCUT2D eigenvalue weighted by atomic mass is 9.98. The molecule has 1 aliphatic rings. The van der Waals surface area contributed by atoms with Crippen molar-refractivity contribution >= 4 is 11.6 Å². The summed E-state index contributed by atoms with van der Waals surface area (Å²) in [7, 11) is 0. The predicted molar refractivity (Wildman–Crippen MR) is 111 cm³/mol. The minimum Gasteiger partial charge on any atom is -0.370 e. The Hall–Kier alpha value is -2.67. The van der Waals surface area contributed by atoms with Gasteiger partial charge in [0.2, 0.25) is 0 Å². The molecule has 0 saturated carbocycles. The zero-order valence-corrected chi connectivity index (χ0v) is 16.3. The van der Waals surface area contributed by atoms with Gasteiger partial charge in [-0.2, -0.15) is 5.10 Å². The lowest BCUT2D eigenvalue weighted by Gasteiger charge is -2.22. The van der Waals surface area contributed by atoms with Gasteiger partial charge < -0.3 is 16.0 Å². The van der Waals surface area contributed by atoms with E-state index in [0.717, 1.165) is 37.4 Å². The van der Waals surface area contributed by atoms with Crippen molar-refractivity contribution in [3.63, 3.8) is 0 Å². The van der Waals surface area contributed by atoms with Gasteiger partial charge in [-0.3, -0.25) is 5.10 Å². The first-order chi connectivity index (χ1) is 13.7. The monoisotopic (exact) mass is 384 g/mol. The summed E-state index contributed by atoms with van der Waals surface area (Å²) in [5.74, 6) is 1.84. The molecular formula is C21H29FN6. The van der Waals surface area contributed by atoms with Crippen LogP contribution in [0.1, 0.15) is 30.9 Å². The molecule has 0 radical (unpaired) electrons. The van der Waals surface area contributed by atoms with Crippen LogP contribution in [0.2, 0.25) is 0 Å². The van der Waals surface area contributed by atoms with Crippen LogP contribution in [-0.2, 0) is 13.0 Å². The number of H-pyrrole nitrogens is 1. The Morgan fingerprint density at radius 2 is 1.96 bits per heavy atom. The van der Waals surface area contributed by atoms with Gasteiger partial charge in [0.1, 0.15) is 17.5 Å². The van der Waals surface area contributed by atoms with Crippen molar-refractivity contribution in [2.24, 2.45) is 5.92 Å². The van der Waals surface area contributed by atoms with Gasteiger partial charge in [0.25, 0.3) is 0 Å². The highest BCUT2D eigenvalue weighted by Crippen LogP contribution is 2.15. The molecule has 1 saturated heterocycles. The molecule has 0 bridgehead atoms. The molecule has 1 aromatic carbocycles. The van der Waals surface area contributed by atoms with E-state index in [2.05, 4.69) is 38.1 Å². The van der Waals surface area contributed by atoms with Crippen LogP contribution in [0.15, 0.2) is 42.7 Å². The zero-order chi connectivity index (χ0) is 19.6. The van der Waals surface area contributed by atoms with E-state index < -0.39 is 0 Å². The molecule has 3 rings (SSSR count). The first-order valence-electron chi connectivity index (χ1n) is 9.94. The molecule has 7 heteroatoms. The second-order valence-electron chi connectivity index (χ2n) is 7.02. The molecule has 0 unspecified atom stereocenters. The average Bonchev–Trinajstić information content (AvgIpc) is 2.83. The molecule has 1 aromatic heterocycles. The molecule has 6 nitrogen and oxygen atoms in total. The van der Waals surface area contributed by atoms with Crippen molar-refractivity contribution in [3.05, 3.63) is 59.7 Å². The average molecular weight is 385 g/mol. The van der Waals surface area contributed by atoms with Crippen LogP contribution in [0.5, 0.6) is 0 Å². The minimum absolute atomic E-state index is 0.227. The van der Waals surface area contributed by atoms with Crippen LogP contribution in [0.4, 0.5) is 16.0 Å². The van der Waals surface area contributed by atoms with Crippen molar-refractivity contribution in [1.82, 2.24) is 20.5 Å². The number of benzene rings is 1.